The SMILES string of the molecule is CN(C(N)=O)c1[nH]c2cc(-c3ccc4[nH]ccc4c3)ccc2c1C(N)=O. The number of urea groups is 1. The van der Waals surface area contributed by atoms with Gasteiger partial charge in [-0.25, -0.2) is 4.79 Å². The highest BCUT2D eigenvalue weighted by atomic mass is 16.2. The van der Waals surface area contributed by atoms with E-state index >= 15 is 0 Å². The van der Waals surface area contributed by atoms with Crippen molar-refractivity contribution in [2.45, 2.75) is 0 Å². The molecule has 0 atom stereocenters. The van der Waals surface area contributed by atoms with E-state index in [4.69, 9.17) is 11.5 Å². The van der Waals surface area contributed by atoms with Gasteiger partial charge in [-0.2, -0.15) is 0 Å². The number of carbonyl (C=O) groups is 2. The van der Waals surface area contributed by atoms with Gasteiger partial charge >= 0.3 is 6.03 Å². The Morgan fingerprint density at radius 2 is 1.69 bits per heavy atom. The number of nitrogens with zero attached hydrogens (tertiary/aromatic N) is 1. The van der Waals surface area contributed by atoms with Crippen molar-refractivity contribution in [3.8, 4) is 11.1 Å². The maximum atomic E-state index is 11.9. The normalized spacial score (nSPS) is 11.1. The average Bonchev–Trinajstić information content (AvgIpc) is 3.23. The summed E-state index contributed by atoms with van der Waals surface area (Å²) in [4.78, 5) is 30.9. The molecule has 0 radical (unpaired) electrons. The first-order chi connectivity index (χ1) is 12.5. The maximum absolute atomic E-state index is 11.9. The van der Waals surface area contributed by atoms with Crippen molar-refractivity contribution in [1.82, 2.24) is 9.97 Å². The molecule has 2 aromatic heterocycles. The zero-order valence-electron chi connectivity index (χ0n) is 14.0. The minimum atomic E-state index is -0.683. The van der Waals surface area contributed by atoms with Crippen molar-refractivity contribution in [1.29, 1.82) is 0 Å². The average molecular weight is 347 g/mol. The van der Waals surface area contributed by atoms with Gasteiger partial charge in [0.1, 0.15) is 5.82 Å². The molecule has 0 unspecified atom stereocenters. The first kappa shape index (κ1) is 15.8. The molecule has 0 saturated carbocycles. The molecule has 0 bridgehead atoms. The van der Waals surface area contributed by atoms with Gasteiger partial charge in [-0.1, -0.05) is 18.2 Å². The molecule has 3 amide bonds. The van der Waals surface area contributed by atoms with E-state index in [1.165, 1.54) is 11.9 Å². The fourth-order valence-corrected chi connectivity index (χ4v) is 3.21. The smallest absolute Gasteiger partial charge is 0.320 e. The fourth-order valence-electron chi connectivity index (χ4n) is 3.21. The number of hydrogen-bond acceptors (Lipinski definition) is 2. The lowest BCUT2D eigenvalue weighted by molar-refractivity contribution is 0.100. The molecule has 0 spiro atoms. The molecule has 2 aromatic carbocycles. The van der Waals surface area contributed by atoms with Gasteiger partial charge in [-0.15, -0.1) is 0 Å². The zero-order valence-corrected chi connectivity index (χ0v) is 14.0. The van der Waals surface area contributed by atoms with E-state index in [0.29, 0.717) is 16.7 Å². The molecule has 0 aliphatic rings. The van der Waals surface area contributed by atoms with Gasteiger partial charge in [0.15, 0.2) is 0 Å². The fraction of sp³-hybridized carbons (Fsp3) is 0.0526. The summed E-state index contributed by atoms with van der Waals surface area (Å²) in [5.41, 5.74) is 14.9. The van der Waals surface area contributed by atoms with Crippen LogP contribution in [-0.4, -0.2) is 29.0 Å². The van der Waals surface area contributed by atoms with Gasteiger partial charge in [-0.3, -0.25) is 9.69 Å². The summed E-state index contributed by atoms with van der Waals surface area (Å²) < 4.78 is 0. The number of hydrogen-bond donors (Lipinski definition) is 4. The summed E-state index contributed by atoms with van der Waals surface area (Å²) >= 11 is 0. The Hall–Kier alpha value is -3.74. The van der Waals surface area contributed by atoms with Crippen LogP contribution in [0.1, 0.15) is 10.4 Å². The van der Waals surface area contributed by atoms with Crippen LogP contribution in [0.2, 0.25) is 0 Å². The van der Waals surface area contributed by atoms with Gasteiger partial charge in [0.05, 0.1) is 5.56 Å². The molecule has 0 saturated heterocycles. The van der Waals surface area contributed by atoms with Gasteiger partial charge in [0.25, 0.3) is 5.91 Å². The third-order valence-corrected chi connectivity index (χ3v) is 4.58. The van der Waals surface area contributed by atoms with Crippen LogP contribution in [0.4, 0.5) is 10.6 Å². The summed E-state index contributed by atoms with van der Waals surface area (Å²) in [5.74, 6) is -0.334. The molecule has 130 valence electrons. The topological polar surface area (TPSA) is 121 Å². The summed E-state index contributed by atoms with van der Waals surface area (Å²) in [5, 5.41) is 1.76. The largest absolute Gasteiger partial charge is 0.365 e. The van der Waals surface area contributed by atoms with Gasteiger partial charge < -0.3 is 21.4 Å². The molecule has 4 aromatic rings. The van der Waals surface area contributed by atoms with E-state index in [0.717, 1.165) is 22.0 Å². The first-order valence-corrected chi connectivity index (χ1v) is 8.02. The quantitative estimate of drug-likeness (QED) is 0.455. The summed E-state index contributed by atoms with van der Waals surface area (Å²) in [7, 11) is 1.49. The van der Waals surface area contributed by atoms with Crippen molar-refractivity contribution >= 4 is 39.6 Å². The van der Waals surface area contributed by atoms with Gasteiger partial charge in [-0.05, 0) is 40.8 Å². The van der Waals surface area contributed by atoms with E-state index in [1.54, 1.807) is 0 Å². The number of nitrogens with two attached hydrogens (primary N) is 2. The summed E-state index contributed by atoms with van der Waals surface area (Å²) in [6.45, 7) is 0. The van der Waals surface area contributed by atoms with Crippen molar-refractivity contribution in [2.75, 3.05) is 11.9 Å². The monoisotopic (exact) mass is 347 g/mol. The summed E-state index contributed by atoms with van der Waals surface area (Å²) in [6, 6.07) is 13.1. The number of aromatic amines is 2. The third kappa shape index (κ3) is 2.37. The lowest BCUT2D eigenvalue weighted by atomic mass is 10.0. The summed E-state index contributed by atoms with van der Waals surface area (Å²) in [6.07, 6.45) is 1.90. The third-order valence-electron chi connectivity index (χ3n) is 4.58. The first-order valence-electron chi connectivity index (χ1n) is 8.02. The number of primary amides is 2. The molecule has 0 aliphatic heterocycles. The second kappa shape index (κ2) is 5.66. The number of H-pyrrole nitrogens is 2. The Labute approximate surface area is 148 Å². The van der Waals surface area contributed by atoms with Crippen LogP contribution in [0.3, 0.4) is 0 Å². The van der Waals surface area contributed by atoms with E-state index in [2.05, 4.69) is 16.0 Å². The van der Waals surface area contributed by atoms with Crippen LogP contribution in [-0.2, 0) is 0 Å². The molecule has 0 fully saturated rings. The Morgan fingerprint density at radius 3 is 2.42 bits per heavy atom. The Bertz CT molecular complexity index is 1170. The number of rotatable bonds is 3. The van der Waals surface area contributed by atoms with Crippen molar-refractivity contribution in [2.24, 2.45) is 11.5 Å². The standard InChI is InChI=1S/C19H17N5O2/c1-24(19(21)26)18-16(17(20)25)13-4-2-11(9-15(13)23-18)10-3-5-14-12(8-10)6-7-22-14/h2-9,22-23H,1H3,(H2,20,25)(H2,21,26). The van der Waals surface area contributed by atoms with Crippen molar-refractivity contribution in [3.05, 3.63) is 54.2 Å². The van der Waals surface area contributed by atoms with Crippen molar-refractivity contribution in [3.63, 3.8) is 0 Å². The molecule has 2 heterocycles. The molecule has 7 nitrogen and oxygen atoms in total. The number of fused-ring (bicyclic) bond motifs is 2. The number of anilines is 1. The zero-order chi connectivity index (χ0) is 18.4. The van der Waals surface area contributed by atoms with Crippen LogP contribution in [0, 0.1) is 0 Å². The Morgan fingerprint density at radius 1 is 0.962 bits per heavy atom. The Balaban J connectivity index is 1.89. The van der Waals surface area contributed by atoms with E-state index in [9.17, 15) is 9.59 Å². The number of carbonyl (C=O) groups excluding carboxylic acids is 2. The van der Waals surface area contributed by atoms with Crippen LogP contribution in [0.15, 0.2) is 48.7 Å². The molecular formula is C19H17N5O2. The van der Waals surface area contributed by atoms with Crippen molar-refractivity contribution < 1.29 is 9.59 Å². The molecule has 0 aliphatic carbocycles. The lowest BCUT2D eigenvalue weighted by Crippen LogP contribution is -2.33. The second-order valence-electron chi connectivity index (χ2n) is 6.15. The number of aromatic nitrogens is 2. The lowest BCUT2D eigenvalue weighted by Gasteiger charge is -2.13. The highest BCUT2D eigenvalue weighted by Crippen LogP contribution is 2.32. The van der Waals surface area contributed by atoms with Crippen LogP contribution in [0.25, 0.3) is 32.9 Å². The highest BCUT2D eigenvalue weighted by molar-refractivity contribution is 6.13. The van der Waals surface area contributed by atoms with E-state index in [1.807, 2.05) is 42.6 Å². The minimum absolute atomic E-state index is 0.244. The van der Waals surface area contributed by atoms with E-state index in [-0.39, 0.29) is 5.56 Å². The van der Waals surface area contributed by atoms with Crippen LogP contribution >= 0.6 is 0 Å². The number of nitrogens with one attached hydrogen (secondary N) is 2. The molecule has 7 heteroatoms. The van der Waals surface area contributed by atoms with Gasteiger partial charge in [0.2, 0.25) is 0 Å². The molecule has 4 rings (SSSR count). The van der Waals surface area contributed by atoms with E-state index < -0.39 is 11.9 Å². The van der Waals surface area contributed by atoms with Crippen LogP contribution in [0.5, 0.6) is 0 Å². The number of benzene rings is 2. The highest BCUT2D eigenvalue weighted by Gasteiger charge is 2.21. The predicted molar refractivity (Wildman–Crippen MR) is 102 cm³/mol. The Kier molecular flexibility index (Phi) is 3.43. The predicted octanol–water partition coefficient (Wildman–Crippen LogP) is 2.93. The van der Waals surface area contributed by atoms with Crippen LogP contribution < -0.4 is 16.4 Å². The molecule has 6 N–H and O–H groups in total. The maximum Gasteiger partial charge on any atom is 0.320 e. The molecular weight excluding hydrogens is 330 g/mol. The number of amides is 3. The minimum Gasteiger partial charge on any atom is -0.365 e. The second-order valence-corrected chi connectivity index (χ2v) is 6.15. The molecule has 26 heavy (non-hydrogen) atoms. The van der Waals surface area contributed by atoms with Gasteiger partial charge in [0, 0.05) is 29.7 Å².